The molecular formula is C13H15ClN4S. The highest BCUT2D eigenvalue weighted by Gasteiger charge is 2.18. The Balaban J connectivity index is 1.56. The average Bonchev–Trinajstić information content (AvgIpc) is 2.94. The number of hydrogen-bond acceptors (Lipinski definition) is 5. The minimum Gasteiger partial charge on any atom is -0.352 e. The molecule has 1 fully saturated rings. The van der Waals surface area contributed by atoms with Gasteiger partial charge in [-0.25, -0.2) is 0 Å². The molecule has 1 aliphatic heterocycles. The largest absolute Gasteiger partial charge is 0.352 e. The SMILES string of the molecule is Clc1cccc(CN2CCN(c3cnsn3)CC2)c1. The molecule has 4 nitrogen and oxygen atoms in total. The van der Waals surface area contributed by atoms with E-state index in [9.17, 15) is 0 Å². The Kier molecular flexibility index (Phi) is 3.96. The maximum absolute atomic E-state index is 6.01. The van der Waals surface area contributed by atoms with E-state index in [-0.39, 0.29) is 0 Å². The molecule has 0 N–H and O–H groups in total. The number of rotatable bonds is 3. The molecule has 0 aliphatic carbocycles. The lowest BCUT2D eigenvalue weighted by Gasteiger charge is -2.34. The van der Waals surface area contributed by atoms with Crippen LogP contribution >= 0.6 is 23.3 Å². The molecule has 19 heavy (non-hydrogen) atoms. The Labute approximate surface area is 121 Å². The Hall–Kier alpha value is -1.17. The predicted molar refractivity (Wildman–Crippen MR) is 78.9 cm³/mol. The highest BCUT2D eigenvalue weighted by atomic mass is 35.5. The second-order valence-electron chi connectivity index (χ2n) is 4.66. The third kappa shape index (κ3) is 3.23. The molecule has 100 valence electrons. The van der Waals surface area contributed by atoms with Gasteiger partial charge in [-0.2, -0.15) is 8.75 Å². The quantitative estimate of drug-likeness (QED) is 0.871. The number of hydrogen-bond donors (Lipinski definition) is 0. The lowest BCUT2D eigenvalue weighted by Crippen LogP contribution is -2.46. The average molecular weight is 295 g/mol. The number of halogens is 1. The first-order chi connectivity index (χ1) is 9.31. The van der Waals surface area contributed by atoms with Crippen molar-refractivity contribution in [2.45, 2.75) is 6.54 Å². The van der Waals surface area contributed by atoms with E-state index in [0.717, 1.165) is 43.6 Å². The summed E-state index contributed by atoms with van der Waals surface area (Å²) in [6, 6.07) is 8.09. The first-order valence-corrected chi connectivity index (χ1v) is 7.41. The normalized spacial score (nSPS) is 16.8. The molecule has 2 heterocycles. The molecule has 1 aromatic heterocycles. The van der Waals surface area contributed by atoms with Crippen molar-refractivity contribution in [3.8, 4) is 0 Å². The summed E-state index contributed by atoms with van der Waals surface area (Å²) >= 11 is 7.28. The topological polar surface area (TPSA) is 32.3 Å². The number of piperazine rings is 1. The van der Waals surface area contributed by atoms with E-state index in [2.05, 4.69) is 24.6 Å². The minimum absolute atomic E-state index is 0.810. The fourth-order valence-corrected chi connectivity index (χ4v) is 2.98. The summed E-state index contributed by atoms with van der Waals surface area (Å²) in [7, 11) is 0. The van der Waals surface area contributed by atoms with Gasteiger partial charge in [0.05, 0.1) is 17.9 Å². The summed E-state index contributed by atoms with van der Waals surface area (Å²) in [5.74, 6) is 1.01. The zero-order chi connectivity index (χ0) is 13.1. The summed E-state index contributed by atoms with van der Waals surface area (Å²) in [4.78, 5) is 4.74. The van der Waals surface area contributed by atoms with Crippen LogP contribution in [0.3, 0.4) is 0 Å². The molecule has 0 unspecified atom stereocenters. The van der Waals surface area contributed by atoms with E-state index in [1.807, 2.05) is 24.4 Å². The standard InChI is InChI=1S/C13H15ClN4S/c14-12-3-1-2-11(8-12)10-17-4-6-18(7-5-17)13-9-15-19-16-13/h1-3,8-9H,4-7,10H2. The second kappa shape index (κ2) is 5.86. The molecular weight excluding hydrogens is 280 g/mol. The van der Waals surface area contributed by atoms with E-state index in [0.29, 0.717) is 0 Å². The molecule has 0 amide bonds. The van der Waals surface area contributed by atoms with Gasteiger partial charge < -0.3 is 4.90 Å². The predicted octanol–water partition coefficient (Wildman–Crippen LogP) is 2.51. The molecule has 0 saturated carbocycles. The van der Waals surface area contributed by atoms with E-state index in [4.69, 9.17) is 11.6 Å². The molecule has 0 bridgehead atoms. The van der Waals surface area contributed by atoms with Crippen LogP contribution in [-0.2, 0) is 6.54 Å². The summed E-state index contributed by atoms with van der Waals surface area (Å²) in [6.45, 7) is 5.07. The highest BCUT2D eigenvalue weighted by Crippen LogP contribution is 2.16. The van der Waals surface area contributed by atoms with E-state index in [1.165, 1.54) is 17.3 Å². The Bertz CT molecular complexity index is 523. The fourth-order valence-electron chi connectivity index (χ4n) is 2.33. The third-order valence-corrected chi connectivity index (χ3v) is 4.04. The Morgan fingerprint density at radius 3 is 2.74 bits per heavy atom. The molecule has 3 rings (SSSR count). The van der Waals surface area contributed by atoms with Crippen LogP contribution in [0.25, 0.3) is 0 Å². The van der Waals surface area contributed by atoms with Crippen molar-refractivity contribution in [3.63, 3.8) is 0 Å². The molecule has 1 aromatic carbocycles. The van der Waals surface area contributed by atoms with Crippen LogP contribution in [-0.4, -0.2) is 39.8 Å². The number of nitrogens with zero attached hydrogens (tertiary/aromatic N) is 4. The molecule has 6 heteroatoms. The minimum atomic E-state index is 0.810. The lowest BCUT2D eigenvalue weighted by atomic mass is 10.2. The molecule has 1 aliphatic rings. The second-order valence-corrected chi connectivity index (χ2v) is 5.65. The van der Waals surface area contributed by atoms with Gasteiger partial charge in [-0.1, -0.05) is 23.7 Å². The van der Waals surface area contributed by atoms with E-state index in [1.54, 1.807) is 0 Å². The van der Waals surface area contributed by atoms with E-state index < -0.39 is 0 Å². The smallest absolute Gasteiger partial charge is 0.162 e. The molecule has 0 spiro atoms. The zero-order valence-electron chi connectivity index (χ0n) is 10.5. The maximum Gasteiger partial charge on any atom is 0.162 e. The van der Waals surface area contributed by atoms with Crippen LogP contribution in [0, 0.1) is 0 Å². The van der Waals surface area contributed by atoms with Gasteiger partial charge in [-0.05, 0) is 17.7 Å². The van der Waals surface area contributed by atoms with Gasteiger partial charge in [0.25, 0.3) is 0 Å². The maximum atomic E-state index is 6.01. The van der Waals surface area contributed by atoms with Gasteiger partial charge in [0.2, 0.25) is 0 Å². The van der Waals surface area contributed by atoms with Crippen LogP contribution in [0.4, 0.5) is 5.82 Å². The monoisotopic (exact) mass is 294 g/mol. The summed E-state index contributed by atoms with van der Waals surface area (Å²) in [5.41, 5.74) is 1.27. The van der Waals surface area contributed by atoms with Gasteiger partial charge in [0.1, 0.15) is 0 Å². The van der Waals surface area contributed by atoms with Crippen molar-refractivity contribution >= 4 is 29.1 Å². The van der Waals surface area contributed by atoms with Crippen molar-refractivity contribution in [3.05, 3.63) is 41.0 Å². The van der Waals surface area contributed by atoms with Gasteiger partial charge in [0.15, 0.2) is 5.82 Å². The summed E-state index contributed by atoms with van der Waals surface area (Å²) in [6.07, 6.45) is 1.84. The van der Waals surface area contributed by atoms with Gasteiger partial charge >= 0.3 is 0 Å². The first-order valence-electron chi connectivity index (χ1n) is 6.30. The fraction of sp³-hybridized carbons (Fsp3) is 0.385. The van der Waals surface area contributed by atoms with Crippen molar-refractivity contribution in [2.75, 3.05) is 31.1 Å². The van der Waals surface area contributed by atoms with E-state index >= 15 is 0 Å². The molecule has 0 radical (unpaired) electrons. The Morgan fingerprint density at radius 1 is 1.21 bits per heavy atom. The van der Waals surface area contributed by atoms with Crippen LogP contribution in [0.5, 0.6) is 0 Å². The Morgan fingerprint density at radius 2 is 2.05 bits per heavy atom. The van der Waals surface area contributed by atoms with Crippen molar-refractivity contribution < 1.29 is 0 Å². The molecule has 0 atom stereocenters. The number of aromatic nitrogens is 2. The third-order valence-electron chi connectivity index (χ3n) is 3.34. The van der Waals surface area contributed by atoms with Crippen molar-refractivity contribution in [1.29, 1.82) is 0 Å². The molecule has 2 aromatic rings. The van der Waals surface area contributed by atoms with Crippen LogP contribution in [0.15, 0.2) is 30.5 Å². The van der Waals surface area contributed by atoms with Crippen LogP contribution in [0.1, 0.15) is 5.56 Å². The van der Waals surface area contributed by atoms with Gasteiger partial charge in [-0.3, -0.25) is 4.90 Å². The van der Waals surface area contributed by atoms with Crippen LogP contribution < -0.4 is 4.90 Å². The van der Waals surface area contributed by atoms with Crippen molar-refractivity contribution in [1.82, 2.24) is 13.6 Å². The van der Waals surface area contributed by atoms with Crippen LogP contribution in [0.2, 0.25) is 5.02 Å². The number of anilines is 1. The van der Waals surface area contributed by atoms with Gasteiger partial charge in [0, 0.05) is 37.7 Å². The molecule has 1 saturated heterocycles. The van der Waals surface area contributed by atoms with Crippen molar-refractivity contribution in [2.24, 2.45) is 0 Å². The first kappa shape index (κ1) is 12.8. The van der Waals surface area contributed by atoms with Gasteiger partial charge in [-0.15, -0.1) is 0 Å². The summed E-state index contributed by atoms with van der Waals surface area (Å²) < 4.78 is 8.34. The summed E-state index contributed by atoms with van der Waals surface area (Å²) in [5, 5.41) is 0.810. The zero-order valence-corrected chi connectivity index (χ0v) is 12.1. The highest BCUT2D eigenvalue weighted by molar-refractivity contribution is 6.99. The lowest BCUT2D eigenvalue weighted by molar-refractivity contribution is 0.249. The number of benzene rings is 1.